The Bertz CT molecular complexity index is 405. The third-order valence-electron chi connectivity index (χ3n) is 4.84. The van der Waals surface area contributed by atoms with E-state index in [2.05, 4.69) is 50.2 Å². The second-order valence-corrected chi connectivity index (χ2v) is 7.72. The van der Waals surface area contributed by atoms with Crippen LogP contribution in [0.25, 0.3) is 0 Å². The summed E-state index contributed by atoms with van der Waals surface area (Å²) in [7, 11) is 2.12. The van der Waals surface area contributed by atoms with Crippen molar-refractivity contribution in [3.8, 4) is 0 Å². The van der Waals surface area contributed by atoms with Gasteiger partial charge in [-0.05, 0) is 71.8 Å². The Morgan fingerprint density at radius 1 is 1.20 bits per heavy atom. The first kappa shape index (κ1) is 16.0. The van der Waals surface area contributed by atoms with E-state index in [0.29, 0.717) is 6.04 Å². The van der Waals surface area contributed by atoms with Gasteiger partial charge in [-0.3, -0.25) is 4.90 Å². The van der Waals surface area contributed by atoms with Gasteiger partial charge in [-0.15, -0.1) is 11.3 Å². The third kappa shape index (κ3) is 3.63. The van der Waals surface area contributed by atoms with Crippen LogP contribution in [0.15, 0.2) is 12.1 Å². The molecule has 20 heavy (non-hydrogen) atoms. The van der Waals surface area contributed by atoms with Crippen LogP contribution in [0.4, 0.5) is 0 Å². The zero-order chi connectivity index (χ0) is 14.6. The van der Waals surface area contributed by atoms with Gasteiger partial charge in [-0.1, -0.05) is 13.3 Å². The van der Waals surface area contributed by atoms with Crippen LogP contribution in [0.2, 0.25) is 0 Å². The fraction of sp³-hybridized carbons (Fsp3) is 0.765. The van der Waals surface area contributed by atoms with Gasteiger partial charge in [-0.2, -0.15) is 0 Å². The molecule has 0 bridgehead atoms. The van der Waals surface area contributed by atoms with Crippen LogP contribution >= 0.6 is 11.3 Å². The van der Waals surface area contributed by atoms with Crippen molar-refractivity contribution in [2.24, 2.45) is 0 Å². The summed E-state index contributed by atoms with van der Waals surface area (Å²) < 4.78 is 0. The summed E-state index contributed by atoms with van der Waals surface area (Å²) in [6.07, 6.45) is 6.42. The SMILES string of the molecule is CCc1ccc(CC(NC)C(C)(C)N2CCCCC2)s1. The highest BCUT2D eigenvalue weighted by atomic mass is 32.1. The fourth-order valence-corrected chi connectivity index (χ4v) is 4.32. The molecule has 3 heteroatoms. The number of likely N-dealkylation sites (tertiary alicyclic amines) is 1. The lowest BCUT2D eigenvalue weighted by Crippen LogP contribution is -2.59. The molecule has 0 radical (unpaired) electrons. The summed E-state index contributed by atoms with van der Waals surface area (Å²) in [5, 5.41) is 3.58. The molecular weight excluding hydrogens is 264 g/mol. The molecule has 1 N–H and O–H groups in total. The highest BCUT2D eigenvalue weighted by Gasteiger charge is 2.35. The van der Waals surface area contributed by atoms with Crippen LogP contribution in [0.3, 0.4) is 0 Å². The average Bonchev–Trinajstić information content (AvgIpc) is 2.93. The highest BCUT2D eigenvalue weighted by Crippen LogP contribution is 2.27. The van der Waals surface area contributed by atoms with Crippen molar-refractivity contribution in [2.45, 2.75) is 64.5 Å². The van der Waals surface area contributed by atoms with E-state index in [4.69, 9.17) is 0 Å². The van der Waals surface area contributed by atoms with E-state index < -0.39 is 0 Å². The number of nitrogens with one attached hydrogen (secondary N) is 1. The van der Waals surface area contributed by atoms with E-state index >= 15 is 0 Å². The van der Waals surface area contributed by atoms with Crippen LogP contribution in [-0.4, -0.2) is 36.6 Å². The molecule has 1 fully saturated rings. The smallest absolute Gasteiger partial charge is 0.0309 e. The molecule has 0 spiro atoms. The van der Waals surface area contributed by atoms with Crippen molar-refractivity contribution in [3.63, 3.8) is 0 Å². The van der Waals surface area contributed by atoms with Gasteiger partial charge in [0.05, 0.1) is 0 Å². The molecule has 2 heterocycles. The molecule has 1 atom stereocenters. The maximum absolute atomic E-state index is 3.58. The maximum Gasteiger partial charge on any atom is 0.0309 e. The molecule has 1 aliphatic rings. The highest BCUT2D eigenvalue weighted by molar-refractivity contribution is 7.11. The van der Waals surface area contributed by atoms with Crippen LogP contribution in [-0.2, 0) is 12.8 Å². The van der Waals surface area contributed by atoms with Crippen molar-refractivity contribution in [3.05, 3.63) is 21.9 Å². The topological polar surface area (TPSA) is 15.3 Å². The monoisotopic (exact) mass is 294 g/mol. The molecule has 0 amide bonds. The Morgan fingerprint density at radius 3 is 2.40 bits per heavy atom. The first-order valence-corrected chi connectivity index (χ1v) is 8.89. The maximum atomic E-state index is 3.58. The van der Waals surface area contributed by atoms with E-state index in [1.807, 2.05) is 11.3 Å². The number of hydrogen-bond acceptors (Lipinski definition) is 3. The van der Waals surface area contributed by atoms with Crippen molar-refractivity contribution < 1.29 is 0 Å². The number of hydrogen-bond donors (Lipinski definition) is 1. The number of nitrogens with zero attached hydrogens (tertiary/aromatic N) is 1. The molecule has 1 saturated heterocycles. The van der Waals surface area contributed by atoms with Gasteiger partial charge in [-0.25, -0.2) is 0 Å². The van der Waals surface area contributed by atoms with E-state index in [-0.39, 0.29) is 5.54 Å². The predicted molar refractivity (Wildman–Crippen MR) is 89.8 cm³/mol. The molecule has 1 unspecified atom stereocenters. The first-order valence-electron chi connectivity index (χ1n) is 8.07. The van der Waals surface area contributed by atoms with Gasteiger partial charge < -0.3 is 5.32 Å². The quantitative estimate of drug-likeness (QED) is 0.860. The molecule has 1 aromatic heterocycles. The largest absolute Gasteiger partial charge is 0.315 e. The van der Waals surface area contributed by atoms with Gasteiger partial charge in [0.1, 0.15) is 0 Å². The lowest BCUT2D eigenvalue weighted by atomic mass is 9.87. The minimum atomic E-state index is 0.228. The molecule has 2 nitrogen and oxygen atoms in total. The lowest BCUT2D eigenvalue weighted by Gasteiger charge is -2.46. The molecular formula is C17H30N2S. The van der Waals surface area contributed by atoms with Crippen molar-refractivity contribution >= 4 is 11.3 Å². The number of thiophene rings is 1. The molecule has 0 aliphatic carbocycles. The predicted octanol–water partition coefficient (Wildman–Crippen LogP) is 3.71. The number of piperidine rings is 1. The van der Waals surface area contributed by atoms with Gasteiger partial charge in [0.15, 0.2) is 0 Å². The van der Waals surface area contributed by atoms with Crippen molar-refractivity contribution in [1.29, 1.82) is 0 Å². The minimum absolute atomic E-state index is 0.228. The molecule has 114 valence electrons. The molecule has 1 aromatic rings. The molecule has 0 aromatic carbocycles. The number of rotatable bonds is 6. The average molecular weight is 295 g/mol. The Hall–Kier alpha value is -0.380. The molecule has 2 rings (SSSR count). The van der Waals surface area contributed by atoms with Crippen LogP contribution < -0.4 is 5.32 Å². The Morgan fingerprint density at radius 2 is 1.85 bits per heavy atom. The normalized spacial score (nSPS) is 19.2. The minimum Gasteiger partial charge on any atom is -0.315 e. The van der Waals surface area contributed by atoms with Gasteiger partial charge in [0.2, 0.25) is 0 Å². The van der Waals surface area contributed by atoms with Gasteiger partial charge in [0, 0.05) is 21.3 Å². The first-order chi connectivity index (χ1) is 9.57. The number of aryl methyl sites for hydroxylation is 1. The molecule has 1 aliphatic heterocycles. The zero-order valence-electron chi connectivity index (χ0n) is 13.5. The van der Waals surface area contributed by atoms with Crippen LogP contribution in [0.1, 0.15) is 49.8 Å². The Balaban J connectivity index is 2.05. The standard InChI is InChI=1S/C17H30N2S/c1-5-14-9-10-15(20-14)13-16(18-4)17(2,3)19-11-7-6-8-12-19/h9-10,16,18H,5-8,11-13H2,1-4H3. The van der Waals surface area contributed by atoms with Gasteiger partial charge >= 0.3 is 0 Å². The summed E-state index contributed by atoms with van der Waals surface area (Å²) in [4.78, 5) is 5.71. The summed E-state index contributed by atoms with van der Waals surface area (Å²) in [6.45, 7) is 9.58. The fourth-order valence-electron chi connectivity index (χ4n) is 3.32. The van der Waals surface area contributed by atoms with Crippen molar-refractivity contribution in [2.75, 3.05) is 20.1 Å². The summed E-state index contributed by atoms with van der Waals surface area (Å²) in [5.74, 6) is 0. The third-order valence-corrected chi connectivity index (χ3v) is 6.10. The van der Waals surface area contributed by atoms with E-state index in [1.54, 1.807) is 0 Å². The molecule has 0 saturated carbocycles. The Kier molecular flexibility index (Phi) is 5.65. The summed E-state index contributed by atoms with van der Waals surface area (Å²) >= 11 is 1.98. The summed E-state index contributed by atoms with van der Waals surface area (Å²) in [6, 6.07) is 5.13. The van der Waals surface area contributed by atoms with Crippen molar-refractivity contribution in [1.82, 2.24) is 10.2 Å². The van der Waals surface area contributed by atoms with E-state index in [1.165, 1.54) is 42.1 Å². The number of likely N-dealkylation sites (N-methyl/N-ethyl adjacent to an activating group) is 1. The Labute approximate surface area is 128 Å². The van der Waals surface area contributed by atoms with Crippen LogP contribution in [0.5, 0.6) is 0 Å². The van der Waals surface area contributed by atoms with Gasteiger partial charge in [0.25, 0.3) is 0 Å². The lowest BCUT2D eigenvalue weighted by molar-refractivity contribution is 0.0638. The summed E-state index contributed by atoms with van der Waals surface area (Å²) in [5.41, 5.74) is 0.228. The second kappa shape index (κ2) is 7.06. The van der Waals surface area contributed by atoms with E-state index in [9.17, 15) is 0 Å². The van der Waals surface area contributed by atoms with E-state index in [0.717, 1.165) is 12.8 Å². The second-order valence-electron chi connectivity index (χ2n) is 6.47. The zero-order valence-corrected chi connectivity index (χ0v) is 14.4. The van der Waals surface area contributed by atoms with Crippen LogP contribution in [0, 0.1) is 0 Å².